The molecule has 0 bridgehead atoms. The van der Waals surface area contributed by atoms with Gasteiger partial charge >= 0.3 is 0 Å². The molecule has 0 saturated heterocycles. The second-order valence-electron chi connectivity index (χ2n) is 5.30. The molecule has 0 saturated carbocycles. The molecule has 1 atom stereocenters. The summed E-state index contributed by atoms with van der Waals surface area (Å²) in [6.07, 6.45) is 3.78. The zero-order valence-electron chi connectivity index (χ0n) is 10.7. The summed E-state index contributed by atoms with van der Waals surface area (Å²) in [6.45, 7) is 2.18. The van der Waals surface area contributed by atoms with Crippen molar-refractivity contribution in [3.05, 3.63) is 29.5 Å². The third-order valence-corrected chi connectivity index (χ3v) is 4.40. The molecule has 0 spiro atoms. The molecule has 1 aromatic carbocycles. The molecule has 2 heterocycles. The van der Waals surface area contributed by atoms with Crippen molar-refractivity contribution in [2.75, 3.05) is 13.7 Å². The molecule has 0 unspecified atom stereocenters. The van der Waals surface area contributed by atoms with Gasteiger partial charge in [0, 0.05) is 35.7 Å². The van der Waals surface area contributed by atoms with Gasteiger partial charge in [0.25, 0.3) is 0 Å². The molecule has 94 valence electrons. The minimum Gasteiger partial charge on any atom is -0.497 e. The van der Waals surface area contributed by atoms with Crippen molar-refractivity contribution in [2.24, 2.45) is 0 Å². The number of nitrogens with one attached hydrogen (secondary N) is 1. The third-order valence-electron chi connectivity index (χ3n) is 4.40. The van der Waals surface area contributed by atoms with Crippen LogP contribution in [0.1, 0.15) is 30.1 Å². The second kappa shape index (κ2) is 3.75. The Morgan fingerprint density at radius 2 is 2.33 bits per heavy atom. The Kier molecular flexibility index (Phi) is 2.18. The normalized spacial score (nSPS) is 21.9. The van der Waals surface area contributed by atoms with Gasteiger partial charge < -0.3 is 14.6 Å². The first-order valence-corrected chi connectivity index (χ1v) is 6.81. The fraction of sp³-hybridized carbons (Fsp3) is 0.467. The van der Waals surface area contributed by atoms with Crippen LogP contribution in [-0.2, 0) is 13.0 Å². The van der Waals surface area contributed by atoms with Crippen molar-refractivity contribution in [1.82, 2.24) is 9.88 Å². The summed E-state index contributed by atoms with van der Waals surface area (Å²) in [6, 6.07) is 7.07. The van der Waals surface area contributed by atoms with Gasteiger partial charge in [-0.15, -0.1) is 0 Å². The monoisotopic (exact) mass is 242 g/mol. The van der Waals surface area contributed by atoms with E-state index in [0.717, 1.165) is 18.8 Å². The lowest BCUT2D eigenvalue weighted by molar-refractivity contribution is 0.384. The van der Waals surface area contributed by atoms with Gasteiger partial charge in [0.1, 0.15) is 5.75 Å². The van der Waals surface area contributed by atoms with Gasteiger partial charge in [-0.3, -0.25) is 0 Å². The molecule has 3 heteroatoms. The van der Waals surface area contributed by atoms with Crippen LogP contribution in [-0.4, -0.2) is 18.2 Å². The van der Waals surface area contributed by atoms with Crippen molar-refractivity contribution < 1.29 is 4.74 Å². The third kappa shape index (κ3) is 1.28. The molecular weight excluding hydrogens is 224 g/mol. The van der Waals surface area contributed by atoms with E-state index >= 15 is 0 Å². The zero-order chi connectivity index (χ0) is 12.1. The van der Waals surface area contributed by atoms with E-state index in [-0.39, 0.29) is 0 Å². The first-order chi connectivity index (χ1) is 8.88. The number of benzene rings is 1. The predicted molar refractivity (Wildman–Crippen MR) is 72.2 cm³/mol. The lowest BCUT2D eigenvalue weighted by atomic mass is 9.91. The molecule has 1 aliphatic carbocycles. The van der Waals surface area contributed by atoms with Crippen LogP contribution in [0.25, 0.3) is 10.9 Å². The number of ether oxygens (including phenoxy) is 1. The summed E-state index contributed by atoms with van der Waals surface area (Å²) in [7, 11) is 1.74. The van der Waals surface area contributed by atoms with Gasteiger partial charge in [-0.2, -0.15) is 0 Å². The van der Waals surface area contributed by atoms with Gasteiger partial charge in [-0.05, 0) is 43.0 Å². The summed E-state index contributed by atoms with van der Waals surface area (Å²) in [4.78, 5) is 0. The van der Waals surface area contributed by atoms with Gasteiger partial charge in [0.2, 0.25) is 0 Å². The van der Waals surface area contributed by atoms with Gasteiger partial charge in [0.15, 0.2) is 0 Å². The highest BCUT2D eigenvalue weighted by atomic mass is 16.5. The number of hydrogen-bond acceptors (Lipinski definition) is 2. The number of rotatable bonds is 1. The Morgan fingerprint density at radius 1 is 1.39 bits per heavy atom. The van der Waals surface area contributed by atoms with Crippen LogP contribution in [0.5, 0.6) is 5.75 Å². The molecule has 0 amide bonds. The fourth-order valence-corrected chi connectivity index (χ4v) is 3.62. The van der Waals surface area contributed by atoms with E-state index in [0.29, 0.717) is 6.04 Å². The molecule has 2 aromatic rings. The second-order valence-corrected chi connectivity index (χ2v) is 5.30. The summed E-state index contributed by atoms with van der Waals surface area (Å²) in [5.41, 5.74) is 4.47. The summed E-state index contributed by atoms with van der Waals surface area (Å²) >= 11 is 0. The average molecular weight is 242 g/mol. The fourth-order valence-electron chi connectivity index (χ4n) is 3.62. The maximum atomic E-state index is 5.37. The van der Waals surface area contributed by atoms with Gasteiger partial charge in [-0.25, -0.2) is 0 Å². The number of aromatic nitrogens is 1. The maximum absolute atomic E-state index is 5.37. The molecule has 1 N–H and O–H groups in total. The van der Waals surface area contributed by atoms with E-state index in [1.807, 2.05) is 0 Å². The predicted octanol–water partition coefficient (Wildman–Crippen LogP) is 2.63. The maximum Gasteiger partial charge on any atom is 0.119 e. The summed E-state index contributed by atoms with van der Waals surface area (Å²) in [5, 5.41) is 5.06. The van der Waals surface area contributed by atoms with Crippen molar-refractivity contribution >= 4 is 10.9 Å². The highest BCUT2D eigenvalue weighted by Crippen LogP contribution is 2.39. The molecule has 0 fully saturated rings. The quantitative estimate of drug-likeness (QED) is 0.832. The first kappa shape index (κ1) is 10.4. The topological polar surface area (TPSA) is 26.2 Å². The van der Waals surface area contributed by atoms with E-state index in [4.69, 9.17) is 4.74 Å². The zero-order valence-corrected chi connectivity index (χ0v) is 10.7. The molecule has 0 radical (unpaired) electrons. The Hall–Kier alpha value is -1.48. The van der Waals surface area contributed by atoms with Crippen LogP contribution >= 0.6 is 0 Å². The van der Waals surface area contributed by atoms with Crippen molar-refractivity contribution in [3.63, 3.8) is 0 Å². The lowest BCUT2D eigenvalue weighted by Gasteiger charge is -2.31. The molecule has 1 aromatic heterocycles. The Balaban J connectivity index is 2.05. The van der Waals surface area contributed by atoms with Gasteiger partial charge in [0.05, 0.1) is 7.11 Å². The number of aryl methyl sites for hydroxylation is 1. The van der Waals surface area contributed by atoms with E-state index in [9.17, 15) is 0 Å². The molecule has 2 aliphatic rings. The Bertz CT molecular complexity index is 612. The van der Waals surface area contributed by atoms with Crippen LogP contribution in [0.15, 0.2) is 18.2 Å². The van der Waals surface area contributed by atoms with Crippen LogP contribution in [0.3, 0.4) is 0 Å². The minimum atomic E-state index is 0.570. The summed E-state index contributed by atoms with van der Waals surface area (Å²) < 4.78 is 7.89. The average Bonchev–Trinajstić information content (AvgIpc) is 2.76. The standard InChI is InChI=1S/C15H18N2O/c1-18-10-5-6-14-12(9-10)11-3-2-4-13-15(11)17(14)8-7-16-13/h5-6,9,13,16H,2-4,7-8H2,1H3/t13-/m0/s1. The molecule has 3 nitrogen and oxygen atoms in total. The number of methoxy groups -OCH3 is 1. The number of fused-ring (bicyclic) bond motifs is 3. The Labute approximate surface area is 107 Å². The minimum absolute atomic E-state index is 0.570. The lowest BCUT2D eigenvalue weighted by Crippen LogP contribution is -2.35. The SMILES string of the molecule is COc1ccc2c(c1)c1c3n2CCN[C@H]3CCC1. The summed E-state index contributed by atoms with van der Waals surface area (Å²) in [5.74, 6) is 0.969. The molecule has 1 aliphatic heterocycles. The van der Waals surface area contributed by atoms with Crippen LogP contribution in [0.2, 0.25) is 0 Å². The highest BCUT2D eigenvalue weighted by molar-refractivity contribution is 5.87. The molecular formula is C15H18N2O. The van der Waals surface area contributed by atoms with Gasteiger partial charge in [-0.1, -0.05) is 0 Å². The van der Waals surface area contributed by atoms with Crippen LogP contribution in [0, 0.1) is 0 Å². The van der Waals surface area contributed by atoms with E-state index in [1.54, 1.807) is 12.7 Å². The van der Waals surface area contributed by atoms with Crippen LogP contribution in [0.4, 0.5) is 0 Å². The molecule has 18 heavy (non-hydrogen) atoms. The highest BCUT2D eigenvalue weighted by Gasteiger charge is 2.29. The van der Waals surface area contributed by atoms with Crippen molar-refractivity contribution in [3.8, 4) is 5.75 Å². The van der Waals surface area contributed by atoms with E-state index < -0.39 is 0 Å². The number of hydrogen-bond donors (Lipinski definition) is 1. The first-order valence-electron chi connectivity index (χ1n) is 6.81. The number of nitrogens with zero attached hydrogens (tertiary/aromatic N) is 1. The van der Waals surface area contributed by atoms with E-state index in [2.05, 4.69) is 28.1 Å². The largest absolute Gasteiger partial charge is 0.497 e. The van der Waals surface area contributed by atoms with E-state index in [1.165, 1.54) is 35.9 Å². The van der Waals surface area contributed by atoms with Crippen LogP contribution < -0.4 is 10.1 Å². The Morgan fingerprint density at radius 3 is 3.22 bits per heavy atom. The smallest absolute Gasteiger partial charge is 0.119 e. The van der Waals surface area contributed by atoms with Crippen molar-refractivity contribution in [1.29, 1.82) is 0 Å². The molecule has 4 rings (SSSR count). The van der Waals surface area contributed by atoms with Crippen molar-refractivity contribution in [2.45, 2.75) is 31.8 Å².